The highest BCUT2D eigenvalue weighted by atomic mass is 32.2. The van der Waals surface area contributed by atoms with E-state index in [-0.39, 0.29) is 49.3 Å². The molecule has 0 heterocycles. The van der Waals surface area contributed by atoms with Crippen LogP contribution in [0.5, 0.6) is 0 Å². The van der Waals surface area contributed by atoms with Crippen LogP contribution in [0.15, 0.2) is 0 Å². The lowest BCUT2D eigenvalue weighted by molar-refractivity contribution is -0.157. The highest BCUT2D eigenvalue weighted by Gasteiger charge is 2.22. The molecule has 0 spiro atoms. The Balaban J connectivity index is 4.70. The number of rotatable bonds is 47. The molecule has 0 rings (SSSR count). The van der Waals surface area contributed by atoms with Gasteiger partial charge in [-0.1, -0.05) is 168 Å². The van der Waals surface area contributed by atoms with Gasteiger partial charge in [0, 0.05) is 30.8 Å². The van der Waals surface area contributed by atoms with Gasteiger partial charge < -0.3 is 46.7 Å². The van der Waals surface area contributed by atoms with Crippen molar-refractivity contribution in [2.24, 2.45) is 5.73 Å². The number of esters is 2. The molecule has 67 heavy (non-hydrogen) atoms. The van der Waals surface area contributed by atoms with Gasteiger partial charge in [-0.15, -0.1) is 0 Å². The Bertz CT molecular complexity index is 1370. The number of unbranched alkanes of at least 4 members (excludes halogenated alkanes) is 24. The number of hydrogen-bond acceptors (Lipinski definition) is 12. The molecule has 8 N–H and O–H groups in total. The maximum atomic E-state index is 12.8. The quantitative estimate of drug-likeness (QED) is 0.0234. The second-order valence-corrected chi connectivity index (χ2v) is 18.7. The Morgan fingerprint density at radius 3 is 1.34 bits per heavy atom. The number of nitrogens with two attached hydrogens (primary N) is 1. The summed E-state index contributed by atoms with van der Waals surface area (Å²) in [6.07, 6.45) is 30.1. The smallest absolute Gasteiger partial charge is 0.326 e. The largest absolute Gasteiger partial charge is 0.481 e. The van der Waals surface area contributed by atoms with Gasteiger partial charge in [-0.2, -0.15) is 11.8 Å². The zero-order valence-electron chi connectivity index (χ0n) is 41.2. The van der Waals surface area contributed by atoms with E-state index in [4.69, 9.17) is 25.4 Å². The predicted molar refractivity (Wildman–Crippen MR) is 262 cm³/mol. The number of amides is 4. The summed E-state index contributed by atoms with van der Waals surface area (Å²) < 4.78 is 11.3. The van der Waals surface area contributed by atoms with Gasteiger partial charge in [0.05, 0.1) is 25.7 Å². The third-order valence-electron chi connectivity index (χ3n) is 11.2. The van der Waals surface area contributed by atoms with Gasteiger partial charge in [0.25, 0.3) is 0 Å². The molecule has 0 aliphatic rings. The Hall–Kier alpha value is -3.93. The number of carbonyl (C=O) groups is 8. The summed E-state index contributed by atoms with van der Waals surface area (Å²) in [5.74, 6) is -6.04. The third-order valence-corrected chi connectivity index (χ3v) is 12.4. The second kappa shape index (κ2) is 44.6. The first kappa shape index (κ1) is 63.1. The number of carbonyl (C=O) groups excluding carboxylic acids is 6. The first-order valence-electron chi connectivity index (χ1n) is 25.5. The van der Waals surface area contributed by atoms with E-state index in [1.165, 1.54) is 127 Å². The number of carboxylic acids is 2. The van der Waals surface area contributed by atoms with Crippen molar-refractivity contribution in [3.05, 3.63) is 0 Å². The van der Waals surface area contributed by atoms with E-state index < -0.39 is 79.8 Å². The highest BCUT2D eigenvalue weighted by Crippen LogP contribution is 2.16. The lowest BCUT2D eigenvalue weighted by atomic mass is 10.0. The fourth-order valence-corrected chi connectivity index (χ4v) is 8.12. The summed E-state index contributed by atoms with van der Waals surface area (Å²) >= 11 is 1.24. The minimum absolute atomic E-state index is 0.107. The monoisotopic (exact) mass is 972 g/mol. The summed E-state index contributed by atoms with van der Waals surface area (Å²) in [6.45, 7) is 2.70. The van der Waals surface area contributed by atoms with E-state index >= 15 is 0 Å². The molecule has 0 unspecified atom stereocenters. The van der Waals surface area contributed by atoms with Crippen molar-refractivity contribution in [1.82, 2.24) is 21.3 Å². The lowest BCUT2D eigenvalue weighted by Gasteiger charge is -2.19. The fraction of sp³-hybridized carbons (Fsp3) is 0.837. The van der Waals surface area contributed by atoms with E-state index in [0.29, 0.717) is 6.42 Å². The summed E-state index contributed by atoms with van der Waals surface area (Å²) in [7, 11) is 0. The van der Waals surface area contributed by atoms with Gasteiger partial charge in [-0.3, -0.25) is 33.6 Å². The lowest BCUT2D eigenvalue weighted by Crippen LogP contribution is -2.49. The van der Waals surface area contributed by atoms with Gasteiger partial charge in [-0.05, 0) is 19.3 Å². The maximum Gasteiger partial charge on any atom is 0.326 e. The Morgan fingerprint density at radius 2 is 0.910 bits per heavy atom. The molecule has 0 aliphatic carbocycles. The van der Waals surface area contributed by atoms with E-state index in [0.717, 1.165) is 44.9 Å². The normalized spacial score (nSPS) is 12.3. The molecule has 18 heteroatoms. The van der Waals surface area contributed by atoms with Crippen LogP contribution < -0.4 is 27.0 Å². The first-order chi connectivity index (χ1) is 32.3. The standard InChI is InChI=1S/C49H89N5O12S/c1-3-5-7-9-11-13-15-17-19-21-23-25-27-29-46(60)65-36-39(66-47(61)30-28-26-24-22-20-18-16-14-12-10-8-6-4-2)37-67-38-40(50)48(62)53-34-43(56)51-33-42(55)52-35-44(57)54-41(49(63)64)31-32-45(58)59/h39-41H,3-38,50H2,1-2H3,(H,51,56)(H,52,55)(H,53,62)(H,54,57)(H,58,59)(H,63,64)/t39-,40+,41-/m1/s1. The summed E-state index contributed by atoms with van der Waals surface area (Å²) in [6, 6.07) is -2.49. The Kier molecular flexibility index (Phi) is 42.0. The average molecular weight is 972 g/mol. The minimum Gasteiger partial charge on any atom is -0.481 e. The van der Waals surface area contributed by atoms with Crippen molar-refractivity contribution in [1.29, 1.82) is 0 Å². The number of ether oxygens (including phenoxy) is 2. The third kappa shape index (κ3) is 41.9. The fourth-order valence-electron chi connectivity index (χ4n) is 7.15. The van der Waals surface area contributed by atoms with Crippen molar-refractivity contribution in [3.8, 4) is 0 Å². The molecule has 0 aromatic heterocycles. The first-order valence-corrected chi connectivity index (χ1v) is 26.7. The van der Waals surface area contributed by atoms with Crippen LogP contribution in [-0.2, 0) is 47.8 Å². The van der Waals surface area contributed by atoms with Crippen LogP contribution in [0.2, 0.25) is 0 Å². The second-order valence-electron chi connectivity index (χ2n) is 17.6. The molecular weight excluding hydrogens is 883 g/mol. The Morgan fingerprint density at radius 1 is 0.507 bits per heavy atom. The van der Waals surface area contributed by atoms with Gasteiger partial charge >= 0.3 is 23.9 Å². The number of aliphatic carboxylic acids is 2. The molecule has 0 aromatic carbocycles. The maximum absolute atomic E-state index is 12.8. The van der Waals surface area contributed by atoms with Crippen molar-refractivity contribution in [2.75, 3.05) is 37.7 Å². The molecule has 3 atom stereocenters. The van der Waals surface area contributed by atoms with Gasteiger partial charge in [0.15, 0.2) is 0 Å². The van der Waals surface area contributed by atoms with Gasteiger partial charge in [0.1, 0.15) is 18.8 Å². The summed E-state index contributed by atoms with van der Waals surface area (Å²) in [5, 5.41) is 26.9. The van der Waals surface area contributed by atoms with Crippen LogP contribution in [0.1, 0.15) is 206 Å². The molecule has 0 saturated heterocycles. The molecule has 0 aromatic rings. The molecule has 17 nitrogen and oxygen atoms in total. The van der Waals surface area contributed by atoms with Crippen molar-refractivity contribution in [3.63, 3.8) is 0 Å². The van der Waals surface area contributed by atoms with Crippen LogP contribution in [0.4, 0.5) is 0 Å². The molecule has 0 aliphatic heterocycles. The minimum atomic E-state index is -1.45. The molecule has 388 valence electrons. The zero-order valence-corrected chi connectivity index (χ0v) is 42.0. The van der Waals surface area contributed by atoms with Crippen LogP contribution >= 0.6 is 11.8 Å². The molecule has 0 saturated carbocycles. The molecule has 0 bridgehead atoms. The molecular formula is C49H89N5O12S. The van der Waals surface area contributed by atoms with E-state index in [1.54, 1.807) is 0 Å². The molecule has 4 amide bonds. The van der Waals surface area contributed by atoms with Crippen LogP contribution in [0, 0.1) is 0 Å². The number of carboxylic acid groups (broad SMARTS) is 2. The van der Waals surface area contributed by atoms with Crippen LogP contribution in [0.3, 0.4) is 0 Å². The summed E-state index contributed by atoms with van der Waals surface area (Å²) in [4.78, 5) is 96.4. The molecule has 0 fully saturated rings. The zero-order chi connectivity index (χ0) is 49.8. The van der Waals surface area contributed by atoms with E-state index in [2.05, 4.69) is 35.1 Å². The van der Waals surface area contributed by atoms with Crippen molar-refractivity contribution < 1.29 is 58.0 Å². The topological polar surface area (TPSA) is 270 Å². The number of hydrogen-bond donors (Lipinski definition) is 7. The van der Waals surface area contributed by atoms with E-state index in [1.807, 2.05) is 0 Å². The SMILES string of the molecule is CCCCCCCCCCCCCCCC(=O)OC[C@H](CSC[C@H](N)C(=O)NCC(=O)NCC(=O)NCC(=O)N[C@H](CCC(=O)O)C(=O)O)OC(=O)CCCCCCCCCCCCCCC. The van der Waals surface area contributed by atoms with Gasteiger partial charge in [-0.25, -0.2) is 4.79 Å². The predicted octanol–water partition coefficient (Wildman–Crippen LogP) is 7.25. The number of nitrogens with one attached hydrogen (secondary N) is 4. The van der Waals surface area contributed by atoms with E-state index in [9.17, 15) is 38.4 Å². The number of thioether (sulfide) groups is 1. The Labute approximate surface area is 405 Å². The van der Waals surface area contributed by atoms with Crippen molar-refractivity contribution in [2.45, 2.75) is 225 Å². The van der Waals surface area contributed by atoms with Crippen LogP contribution in [-0.4, -0.2) is 114 Å². The molecule has 0 radical (unpaired) electrons. The van der Waals surface area contributed by atoms with Crippen LogP contribution in [0.25, 0.3) is 0 Å². The highest BCUT2D eigenvalue weighted by molar-refractivity contribution is 7.99. The van der Waals surface area contributed by atoms with Crippen molar-refractivity contribution >= 4 is 59.3 Å². The summed E-state index contributed by atoms with van der Waals surface area (Å²) in [5.41, 5.74) is 6.07. The average Bonchev–Trinajstić information content (AvgIpc) is 3.29. The van der Waals surface area contributed by atoms with Gasteiger partial charge in [0.2, 0.25) is 23.6 Å².